The van der Waals surface area contributed by atoms with Crippen LogP contribution in [-0.2, 0) is 4.79 Å². The van der Waals surface area contributed by atoms with Gasteiger partial charge in [0.2, 0.25) is 5.91 Å². The van der Waals surface area contributed by atoms with Crippen molar-refractivity contribution in [3.05, 3.63) is 100 Å². The third-order valence-electron chi connectivity index (χ3n) is 5.74. The number of halogens is 1. The van der Waals surface area contributed by atoms with E-state index in [1.54, 1.807) is 29.9 Å². The first-order valence-electron chi connectivity index (χ1n) is 11.3. The Labute approximate surface area is 210 Å². The molecule has 0 saturated heterocycles. The number of likely N-dealkylation sites (N-methyl/N-ethyl adjacent to an activating group) is 1. The van der Waals surface area contributed by atoms with Crippen LogP contribution in [0.5, 0.6) is 0 Å². The van der Waals surface area contributed by atoms with Gasteiger partial charge in [-0.1, -0.05) is 59.6 Å². The van der Waals surface area contributed by atoms with E-state index in [2.05, 4.69) is 10.4 Å². The summed E-state index contributed by atoms with van der Waals surface area (Å²) in [5, 5.41) is 8.27. The molecule has 4 aromatic rings. The van der Waals surface area contributed by atoms with Gasteiger partial charge < -0.3 is 10.2 Å². The molecular weight excluding hydrogens is 460 g/mol. The molecule has 0 aliphatic rings. The highest BCUT2D eigenvalue weighted by Crippen LogP contribution is 2.25. The number of carbonyl (C=O) groups excluding carboxylic acids is 2. The first-order chi connectivity index (χ1) is 16.7. The molecule has 0 radical (unpaired) electrons. The van der Waals surface area contributed by atoms with Crippen LogP contribution in [0.15, 0.2) is 72.8 Å². The molecule has 0 saturated carbocycles. The van der Waals surface area contributed by atoms with E-state index < -0.39 is 0 Å². The number of nitrogens with one attached hydrogen (secondary N) is 1. The van der Waals surface area contributed by atoms with Crippen molar-refractivity contribution < 1.29 is 9.59 Å². The Kier molecular flexibility index (Phi) is 7.03. The second-order valence-electron chi connectivity index (χ2n) is 8.65. The molecule has 0 aliphatic carbocycles. The van der Waals surface area contributed by atoms with Crippen LogP contribution in [-0.4, -0.2) is 40.1 Å². The van der Waals surface area contributed by atoms with Crippen LogP contribution in [0.25, 0.3) is 16.9 Å². The lowest BCUT2D eigenvalue weighted by Crippen LogP contribution is -2.36. The molecule has 0 fully saturated rings. The van der Waals surface area contributed by atoms with Crippen LogP contribution in [0.1, 0.15) is 27.2 Å². The van der Waals surface area contributed by atoms with E-state index in [4.69, 9.17) is 11.6 Å². The van der Waals surface area contributed by atoms with E-state index in [0.717, 1.165) is 33.6 Å². The predicted molar refractivity (Wildman–Crippen MR) is 140 cm³/mol. The molecule has 1 heterocycles. The van der Waals surface area contributed by atoms with Crippen molar-refractivity contribution in [3.8, 4) is 16.9 Å². The highest BCUT2D eigenvalue weighted by molar-refractivity contribution is 6.30. The summed E-state index contributed by atoms with van der Waals surface area (Å²) in [5.74, 6) is -0.575. The predicted octanol–water partition coefficient (Wildman–Crippen LogP) is 5.83. The zero-order valence-electron chi connectivity index (χ0n) is 20.2. The first kappa shape index (κ1) is 24.2. The number of para-hydroxylation sites is 1. The molecule has 0 bridgehead atoms. The zero-order chi connectivity index (χ0) is 25.1. The summed E-state index contributed by atoms with van der Waals surface area (Å²) in [6.45, 7) is 5.84. The van der Waals surface area contributed by atoms with Gasteiger partial charge in [-0.25, -0.2) is 4.68 Å². The Bertz CT molecular complexity index is 1360. The first-order valence-corrected chi connectivity index (χ1v) is 11.7. The Morgan fingerprint density at radius 2 is 1.57 bits per heavy atom. The van der Waals surface area contributed by atoms with Crippen molar-refractivity contribution in [1.29, 1.82) is 0 Å². The van der Waals surface area contributed by atoms with Gasteiger partial charge in [0, 0.05) is 23.3 Å². The summed E-state index contributed by atoms with van der Waals surface area (Å²) in [7, 11) is 1.61. The van der Waals surface area contributed by atoms with E-state index in [1.165, 1.54) is 4.90 Å². The number of aromatic nitrogens is 2. The highest BCUT2D eigenvalue weighted by atomic mass is 35.5. The summed E-state index contributed by atoms with van der Waals surface area (Å²) >= 11 is 6.03. The van der Waals surface area contributed by atoms with E-state index in [0.29, 0.717) is 16.4 Å². The second kappa shape index (κ2) is 10.2. The molecule has 4 rings (SSSR count). The van der Waals surface area contributed by atoms with Crippen molar-refractivity contribution >= 4 is 29.1 Å². The molecule has 3 aromatic carbocycles. The Balaban J connectivity index is 1.60. The number of benzene rings is 3. The molecule has 178 valence electrons. The lowest BCUT2D eigenvalue weighted by molar-refractivity contribution is -0.116. The fourth-order valence-electron chi connectivity index (χ4n) is 4.10. The fourth-order valence-corrected chi connectivity index (χ4v) is 4.23. The normalized spacial score (nSPS) is 10.8. The molecule has 0 atom stereocenters. The van der Waals surface area contributed by atoms with Gasteiger partial charge in [0.15, 0.2) is 0 Å². The largest absolute Gasteiger partial charge is 0.331 e. The van der Waals surface area contributed by atoms with Crippen LogP contribution in [0.2, 0.25) is 5.02 Å². The van der Waals surface area contributed by atoms with Gasteiger partial charge >= 0.3 is 0 Å². The summed E-state index contributed by atoms with van der Waals surface area (Å²) in [4.78, 5) is 27.7. The number of aryl methyl sites for hydroxylation is 3. The lowest BCUT2D eigenvalue weighted by atomic mass is 10.1. The number of anilines is 1. The standard InChI is InChI=1S/C28H27ClN4O2/c1-18-14-19(2)27(20(3)15-18)30-26(34)17-32(4)28(35)25-16-24(21-10-12-22(29)13-11-21)31-33(25)23-8-6-5-7-9-23/h5-16H,17H2,1-4H3,(H,30,34). The SMILES string of the molecule is Cc1cc(C)c(NC(=O)CN(C)C(=O)c2cc(-c3ccc(Cl)cc3)nn2-c2ccccc2)c(C)c1. The minimum Gasteiger partial charge on any atom is -0.331 e. The van der Waals surface area contributed by atoms with Crippen LogP contribution in [0.3, 0.4) is 0 Å². The van der Waals surface area contributed by atoms with Crippen LogP contribution in [0, 0.1) is 20.8 Å². The maximum atomic E-state index is 13.5. The van der Waals surface area contributed by atoms with E-state index >= 15 is 0 Å². The molecule has 0 unspecified atom stereocenters. The smallest absolute Gasteiger partial charge is 0.272 e. The molecule has 2 amide bonds. The summed E-state index contributed by atoms with van der Waals surface area (Å²) in [6.07, 6.45) is 0. The maximum absolute atomic E-state index is 13.5. The van der Waals surface area contributed by atoms with Gasteiger partial charge in [-0.3, -0.25) is 9.59 Å². The van der Waals surface area contributed by atoms with Crippen LogP contribution in [0.4, 0.5) is 5.69 Å². The van der Waals surface area contributed by atoms with Gasteiger partial charge in [0.25, 0.3) is 5.91 Å². The van der Waals surface area contributed by atoms with Gasteiger partial charge in [-0.2, -0.15) is 5.10 Å². The number of hydrogen-bond donors (Lipinski definition) is 1. The van der Waals surface area contributed by atoms with E-state index in [1.807, 2.05) is 75.4 Å². The molecule has 35 heavy (non-hydrogen) atoms. The Morgan fingerprint density at radius 3 is 2.20 bits per heavy atom. The number of nitrogens with zero attached hydrogens (tertiary/aromatic N) is 3. The van der Waals surface area contributed by atoms with Crippen molar-refractivity contribution in [2.45, 2.75) is 20.8 Å². The second-order valence-corrected chi connectivity index (χ2v) is 9.09. The third kappa shape index (κ3) is 5.44. The van der Waals surface area contributed by atoms with Crippen LogP contribution >= 0.6 is 11.6 Å². The van der Waals surface area contributed by atoms with Gasteiger partial charge in [0.05, 0.1) is 17.9 Å². The zero-order valence-corrected chi connectivity index (χ0v) is 20.9. The molecular formula is C28H27ClN4O2. The monoisotopic (exact) mass is 486 g/mol. The quantitative estimate of drug-likeness (QED) is 0.373. The fraction of sp³-hybridized carbons (Fsp3) is 0.179. The van der Waals surface area contributed by atoms with Crippen molar-refractivity contribution in [2.24, 2.45) is 0 Å². The van der Waals surface area contributed by atoms with E-state index in [-0.39, 0.29) is 18.4 Å². The summed E-state index contributed by atoms with van der Waals surface area (Å²) in [6, 6.07) is 22.5. The summed E-state index contributed by atoms with van der Waals surface area (Å²) in [5.41, 5.74) is 6.47. The topological polar surface area (TPSA) is 67.2 Å². The third-order valence-corrected chi connectivity index (χ3v) is 5.99. The molecule has 0 aliphatic heterocycles. The lowest BCUT2D eigenvalue weighted by Gasteiger charge is -2.19. The van der Waals surface area contributed by atoms with Crippen molar-refractivity contribution in [2.75, 3.05) is 18.9 Å². The Morgan fingerprint density at radius 1 is 0.943 bits per heavy atom. The molecule has 6 nitrogen and oxygen atoms in total. The molecule has 0 spiro atoms. The highest BCUT2D eigenvalue weighted by Gasteiger charge is 2.22. The van der Waals surface area contributed by atoms with E-state index in [9.17, 15) is 9.59 Å². The molecule has 1 aromatic heterocycles. The number of hydrogen-bond acceptors (Lipinski definition) is 3. The summed E-state index contributed by atoms with van der Waals surface area (Å²) < 4.78 is 1.61. The van der Waals surface area contributed by atoms with Crippen molar-refractivity contribution in [3.63, 3.8) is 0 Å². The minimum absolute atomic E-state index is 0.0954. The van der Waals surface area contributed by atoms with Gasteiger partial charge in [0.1, 0.15) is 5.69 Å². The minimum atomic E-state index is -0.311. The molecule has 1 N–H and O–H groups in total. The number of rotatable bonds is 6. The van der Waals surface area contributed by atoms with Gasteiger partial charge in [-0.15, -0.1) is 0 Å². The van der Waals surface area contributed by atoms with Gasteiger partial charge in [-0.05, 0) is 62.2 Å². The number of amides is 2. The Hall–Kier alpha value is -3.90. The van der Waals surface area contributed by atoms with Crippen LogP contribution < -0.4 is 5.32 Å². The number of carbonyl (C=O) groups is 2. The average molecular weight is 487 g/mol. The van der Waals surface area contributed by atoms with Crippen molar-refractivity contribution in [1.82, 2.24) is 14.7 Å². The molecule has 7 heteroatoms. The maximum Gasteiger partial charge on any atom is 0.272 e. The average Bonchev–Trinajstić information content (AvgIpc) is 3.27.